The minimum Gasteiger partial charge on any atom is -0.268 e. The van der Waals surface area contributed by atoms with Crippen LogP contribution in [0.25, 0.3) is 0 Å². The van der Waals surface area contributed by atoms with Crippen LogP contribution < -0.4 is 0 Å². The van der Waals surface area contributed by atoms with E-state index in [0.29, 0.717) is 0 Å². The molecule has 17 heavy (non-hydrogen) atoms. The molecule has 0 aliphatic heterocycles. The lowest BCUT2D eigenvalue weighted by molar-refractivity contribution is -0.385. The summed E-state index contributed by atoms with van der Waals surface area (Å²) in [6, 6.07) is 0. The van der Waals surface area contributed by atoms with Crippen molar-refractivity contribution in [2.24, 2.45) is 0 Å². The summed E-state index contributed by atoms with van der Waals surface area (Å²) < 4.78 is 27.7. The van der Waals surface area contributed by atoms with E-state index in [1.807, 2.05) is 0 Å². The minimum atomic E-state index is -3.55. The molecule has 0 amide bonds. The van der Waals surface area contributed by atoms with Gasteiger partial charge in [0.25, 0.3) is 10.1 Å². The van der Waals surface area contributed by atoms with Gasteiger partial charge in [-0.1, -0.05) is 0 Å². The lowest BCUT2D eigenvalue weighted by Gasteiger charge is -2.23. The second kappa shape index (κ2) is 4.41. The molecule has 0 fully saturated rings. The number of hydrogen-bond acceptors (Lipinski definition) is 6. The molecule has 0 atom stereocenters. The van der Waals surface area contributed by atoms with E-state index in [4.69, 9.17) is 0 Å². The van der Waals surface area contributed by atoms with Crippen LogP contribution >= 0.6 is 0 Å². The van der Waals surface area contributed by atoms with Crippen LogP contribution in [-0.2, 0) is 19.8 Å². The highest BCUT2D eigenvalue weighted by molar-refractivity contribution is 7.85. The van der Waals surface area contributed by atoms with Crippen molar-refractivity contribution in [3.8, 4) is 0 Å². The third kappa shape index (κ3) is 3.79. The Morgan fingerprint density at radius 1 is 1.59 bits per heavy atom. The van der Waals surface area contributed by atoms with Gasteiger partial charge in [-0.15, -0.1) is 0 Å². The molecule has 1 aromatic rings. The summed E-state index contributed by atoms with van der Waals surface area (Å²) in [6.07, 6.45) is 3.27. The Hall–Kier alpha value is -1.48. The Kier molecular flexibility index (Phi) is 3.53. The fourth-order valence-electron chi connectivity index (χ4n) is 1.06. The van der Waals surface area contributed by atoms with E-state index in [-0.39, 0.29) is 12.3 Å². The lowest BCUT2D eigenvalue weighted by Crippen LogP contribution is -2.33. The summed E-state index contributed by atoms with van der Waals surface area (Å²) in [5.74, 6) is 0. The third-order valence-corrected chi connectivity index (χ3v) is 2.57. The summed E-state index contributed by atoms with van der Waals surface area (Å²) in [5.41, 5.74) is -0.949. The molecule has 1 aromatic heterocycles. The lowest BCUT2D eigenvalue weighted by atomic mass is 10.1. The van der Waals surface area contributed by atoms with Crippen LogP contribution in [0.4, 0.5) is 5.69 Å². The highest BCUT2D eigenvalue weighted by Crippen LogP contribution is 2.19. The van der Waals surface area contributed by atoms with E-state index < -0.39 is 20.6 Å². The number of nitro groups is 1. The van der Waals surface area contributed by atoms with Crippen molar-refractivity contribution in [2.45, 2.75) is 19.4 Å². The Morgan fingerprint density at radius 2 is 2.18 bits per heavy atom. The van der Waals surface area contributed by atoms with Crippen molar-refractivity contribution in [1.82, 2.24) is 9.78 Å². The highest BCUT2D eigenvalue weighted by atomic mass is 32.2. The van der Waals surface area contributed by atoms with Crippen molar-refractivity contribution in [3.05, 3.63) is 22.5 Å². The maximum atomic E-state index is 10.9. The van der Waals surface area contributed by atoms with Gasteiger partial charge in [-0.3, -0.25) is 19.0 Å². The smallest absolute Gasteiger partial charge is 0.268 e. The topological polar surface area (TPSA) is 104 Å². The summed E-state index contributed by atoms with van der Waals surface area (Å²) in [5, 5.41) is 14.3. The molecule has 8 nitrogen and oxygen atoms in total. The molecule has 0 N–H and O–H groups in total. The number of nitrogens with zero attached hydrogens (tertiary/aromatic N) is 3. The molecule has 0 aliphatic rings. The minimum absolute atomic E-state index is 0.148. The van der Waals surface area contributed by atoms with Crippen molar-refractivity contribution in [2.75, 3.05) is 12.9 Å². The van der Waals surface area contributed by atoms with Crippen LogP contribution in [0.5, 0.6) is 0 Å². The van der Waals surface area contributed by atoms with E-state index >= 15 is 0 Å². The van der Waals surface area contributed by atoms with E-state index in [2.05, 4.69) is 9.28 Å². The van der Waals surface area contributed by atoms with Crippen molar-refractivity contribution >= 4 is 15.8 Å². The molecule has 1 heterocycles. The number of aromatic nitrogens is 2. The van der Waals surface area contributed by atoms with Gasteiger partial charge in [0.15, 0.2) is 0 Å². The first-order valence-electron chi connectivity index (χ1n) is 4.66. The molecule has 0 unspecified atom stereocenters. The quantitative estimate of drug-likeness (QED) is 0.435. The van der Waals surface area contributed by atoms with Crippen LogP contribution in [0.15, 0.2) is 12.4 Å². The SMILES string of the molecule is CC(C)(COS(C)(=O)=O)n1cc([N+](=O)[O-])cn1. The van der Waals surface area contributed by atoms with Crippen molar-refractivity contribution < 1.29 is 17.5 Å². The fourth-order valence-corrected chi connectivity index (χ4v) is 1.56. The van der Waals surface area contributed by atoms with Gasteiger partial charge in [-0.05, 0) is 13.8 Å². The van der Waals surface area contributed by atoms with E-state index in [1.54, 1.807) is 13.8 Å². The van der Waals surface area contributed by atoms with Gasteiger partial charge in [0, 0.05) is 0 Å². The Labute approximate surface area is 98.5 Å². The second-order valence-electron chi connectivity index (χ2n) is 4.18. The summed E-state index contributed by atoms with van der Waals surface area (Å²) in [4.78, 5) is 9.91. The van der Waals surface area contributed by atoms with Gasteiger partial charge in [-0.25, -0.2) is 0 Å². The molecule has 0 saturated heterocycles. The Morgan fingerprint density at radius 3 is 2.59 bits per heavy atom. The molecule has 0 aromatic carbocycles. The van der Waals surface area contributed by atoms with Gasteiger partial charge in [0.05, 0.1) is 23.3 Å². The summed E-state index contributed by atoms with van der Waals surface area (Å²) in [7, 11) is -3.55. The van der Waals surface area contributed by atoms with Gasteiger partial charge in [0.2, 0.25) is 0 Å². The van der Waals surface area contributed by atoms with Gasteiger partial charge < -0.3 is 0 Å². The van der Waals surface area contributed by atoms with E-state index in [1.165, 1.54) is 10.9 Å². The molecule has 0 saturated carbocycles. The zero-order valence-corrected chi connectivity index (χ0v) is 10.5. The average molecular weight is 263 g/mol. The Balaban J connectivity index is 2.85. The summed E-state index contributed by atoms with van der Waals surface area (Å²) >= 11 is 0. The molecule has 0 bridgehead atoms. The first-order chi connectivity index (χ1) is 7.62. The zero-order chi connectivity index (χ0) is 13.3. The predicted octanol–water partition coefficient (Wildman–Crippen LogP) is 0.503. The average Bonchev–Trinajstić information content (AvgIpc) is 2.63. The Bertz CT molecular complexity index is 519. The molecule has 0 aliphatic carbocycles. The second-order valence-corrected chi connectivity index (χ2v) is 5.82. The predicted molar refractivity (Wildman–Crippen MR) is 59.0 cm³/mol. The van der Waals surface area contributed by atoms with Crippen LogP contribution in [-0.4, -0.2) is 36.0 Å². The molecule has 0 spiro atoms. The molecular formula is C8H13N3O5S. The highest BCUT2D eigenvalue weighted by Gasteiger charge is 2.25. The molecule has 96 valence electrons. The molecule has 9 heteroatoms. The van der Waals surface area contributed by atoms with Crippen molar-refractivity contribution in [1.29, 1.82) is 0 Å². The molecule has 0 radical (unpaired) electrons. The first kappa shape index (κ1) is 13.6. The maximum Gasteiger partial charge on any atom is 0.307 e. The van der Waals surface area contributed by atoms with Crippen LogP contribution in [0, 0.1) is 10.1 Å². The van der Waals surface area contributed by atoms with Gasteiger partial charge in [0.1, 0.15) is 12.4 Å². The monoisotopic (exact) mass is 263 g/mol. The van der Waals surface area contributed by atoms with E-state index in [9.17, 15) is 18.5 Å². The first-order valence-corrected chi connectivity index (χ1v) is 6.47. The molecule has 1 rings (SSSR count). The van der Waals surface area contributed by atoms with Gasteiger partial charge in [-0.2, -0.15) is 13.5 Å². The molecular weight excluding hydrogens is 250 g/mol. The van der Waals surface area contributed by atoms with Crippen LogP contribution in [0.3, 0.4) is 0 Å². The fraction of sp³-hybridized carbons (Fsp3) is 0.625. The van der Waals surface area contributed by atoms with Crippen LogP contribution in [0.2, 0.25) is 0 Å². The maximum absolute atomic E-state index is 10.9. The normalized spacial score (nSPS) is 12.6. The van der Waals surface area contributed by atoms with Crippen molar-refractivity contribution in [3.63, 3.8) is 0 Å². The third-order valence-electron chi connectivity index (χ3n) is 2.03. The standard InChI is InChI=1S/C8H13N3O5S/c1-8(2,6-16-17(3,14)15)10-5-7(4-9-10)11(12)13/h4-5H,6H2,1-3H3. The van der Waals surface area contributed by atoms with E-state index in [0.717, 1.165) is 12.5 Å². The number of hydrogen-bond donors (Lipinski definition) is 0. The largest absolute Gasteiger partial charge is 0.307 e. The number of rotatable bonds is 5. The van der Waals surface area contributed by atoms with Crippen LogP contribution in [0.1, 0.15) is 13.8 Å². The van der Waals surface area contributed by atoms with Gasteiger partial charge >= 0.3 is 5.69 Å². The summed E-state index contributed by atoms with van der Waals surface area (Å²) in [6.45, 7) is 3.18. The zero-order valence-electron chi connectivity index (χ0n) is 9.65.